The summed E-state index contributed by atoms with van der Waals surface area (Å²) in [4.78, 5) is 0. The highest BCUT2D eigenvalue weighted by Gasteiger charge is 2.23. The van der Waals surface area contributed by atoms with Crippen molar-refractivity contribution in [3.05, 3.63) is 0 Å². The van der Waals surface area contributed by atoms with Gasteiger partial charge in [0, 0.05) is 0 Å². The fourth-order valence-electron chi connectivity index (χ4n) is 2.10. The summed E-state index contributed by atoms with van der Waals surface area (Å²) < 4.78 is 31.6. The van der Waals surface area contributed by atoms with Crippen LogP contribution in [0.25, 0.3) is 0 Å². The summed E-state index contributed by atoms with van der Waals surface area (Å²) in [5.41, 5.74) is 0. The van der Waals surface area contributed by atoms with Crippen molar-refractivity contribution in [1.29, 1.82) is 0 Å². The van der Waals surface area contributed by atoms with Gasteiger partial charge in [0.2, 0.25) is 0 Å². The van der Waals surface area contributed by atoms with Crippen molar-refractivity contribution in [1.82, 2.24) is 0 Å². The van der Waals surface area contributed by atoms with E-state index in [1.807, 2.05) is 6.92 Å². The Labute approximate surface area is 112 Å². The van der Waals surface area contributed by atoms with Gasteiger partial charge in [0.25, 0.3) is 10.1 Å². The van der Waals surface area contributed by atoms with E-state index in [1.54, 1.807) is 0 Å². The van der Waals surface area contributed by atoms with Crippen molar-refractivity contribution >= 4 is 10.1 Å². The Morgan fingerprint density at radius 2 is 1.56 bits per heavy atom. The zero-order valence-corrected chi connectivity index (χ0v) is 12.5. The minimum absolute atomic E-state index is 0.353. The quantitative estimate of drug-likeness (QED) is 0.450. The standard InChI is InChI=1S/C13H28O4S/c1-3-5-6-7-9-13(18(15,16)17)11-10-12(14)8-4-2/h12-14H,3-11H2,1-2H3,(H,15,16,17). The van der Waals surface area contributed by atoms with Crippen LogP contribution in [0.3, 0.4) is 0 Å². The van der Waals surface area contributed by atoms with Crippen molar-refractivity contribution in [3.63, 3.8) is 0 Å². The lowest BCUT2D eigenvalue weighted by molar-refractivity contribution is 0.150. The van der Waals surface area contributed by atoms with Gasteiger partial charge in [-0.1, -0.05) is 46.0 Å². The van der Waals surface area contributed by atoms with Crippen molar-refractivity contribution in [2.24, 2.45) is 0 Å². The minimum Gasteiger partial charge on any atom is -0.393 e. The highest BCUT2D eigenvalue weighted by molar-refractivity contribution is 7.86. The Kier molecular flexibility index (Phi) is 9.68. The van der Waals surface area contributed by atoms with E-state index in [2.05, 4.69) is 6.92 Å². The maximum absolute atomic E-state index is 11.2. The predicted octanol–water partition coefficient (Wildman–Crippen LogP) is 3.15. The highest BCUT2D eigenvalue weighted by Crippen LogP contribution is 2.18. The Morgan fingerprint density at radius 3 is 2.06 bits per heavy atom. The third-order valence-electron chi connectivity index (χ3n) is 3.24. The Hall–Kier alpha value is -0.130. The molecule has 0 spiro atoms. The predicted molar refractivity (Wildman–Crippen MR) is 74.2 cm³/mol. The van der Waals surface area contributed by atoms with Gasteiger partial charge in [0.15, 0.2) is 0 Å². The zero-order valence-electron chi connectivity index (χ0n) is 11.6. The summed E-state index contributed by atoms with van der Waals surface area (Å²) in [6.07, 6.45) is 6.44. The molecule has 0 saturated heterocycles. The van der Waals surface area contributed by atoms with Crippen LogP contribution >= 0.6 is 0 Å². The molecule has 0 bridgehead atoms. The van der Waals surface area contributed by atoms with Gasteiger partial charge in [0.05, 0.1) is 11.4 Å². The summed E-state index contributed by atoms with van der Waals surface area (Å²) in [6.45, 7) is 4.08. The van der Waals surface area contributed by atoms with Crippen LogP contribution in [-0.2, 0) is 10.1 Å². The first kappa shape index (κ1) is 17.9. The minimum atomic E-state index is -3.97. The molecule has 0 saturated carbocycles. The molecule has 110 valence electrons. The molecular formula is C13H28O4S. The summed E-state index contributed by atoms with van der Waals surface area (Å²) >= 11 is 0. The van der Waals surface area contributed by atoms with Gasteiger partial charge in [-0.2, -0.15) is 8.42 Å². The number of unbranched alkanes of at least 4 members (excludes halogenated alkanes) is 3. The molecule has 5 heteroatoms. The zero-order chi connectivity index (χ0) is 14.0. The van der Waals surface area contributed by atoms with Crippen LogP contribution in [0.1, 0.15) is 71.6 Å². The second kappa shape index (κ2) is 9.75. The van der Waals surface area contributed by atoms with Crippen molar-refractivity contribution < 1.29 is 18.1 Å². The average molecular weight is 280 g/mol. The van der Waals surface area contributed by atoms with E-state index in [9.17, 15) is 13.5 Å². The maximum atomic E-state index is 11.2. The van der Waals surface area contributed by atoms with Gasteiger partial charge in [-0.3, -0.25) is 4.55 Å². The van der Waals surface area contributed by atoms with Crippen LogP contribution in [0.15, 0.2) is 0 Å². The summed E-state index contributed by atoms with van der Waals surface area (Å²) in [5, 5.41) is 8.89. The van der Waals surface area contributed by atoms with Crippen LogP contribution in [0, 0.1) is 0 Å². The van der Waals surface area contributed by atoms with E-state index < -0.39 is 21.5 Å². The van der Waals surface area contributed by atoms with Crippen LogP contribution in [0.2, 0.25) is 0 Å². The van der Waals surface area contributed by atoms with E-state index in [-0.39, 0.29) is 0 Å². The number of hydrogen-bond acceptors (Lipinski definition) is 3. The maximum Gasteiger partial charge on any atom is 0.267 e. The Morgan fingerprint density at radius 1 is 0.889 bits per heavy atom. The lowest BCUT2D eigenvalue weighted by atomic mass is 10.0. The largest absolute Gasteiger partial charge is 0.393 e. The first-order valence-corrected chi connectivity index (χ1v) is 8.56. The van der Waals surface area contributed by atoms with Crippen LogP contribution in [0.4, 0.5) is 0 Å². The number of aliphatic hydroxyl groups excluding tert-OH is 1. The van der Waals surface area contributed by atoms with E-state index >= 15 is 0 Å². The second-order valence-corrected chi connectivity index (χ2v) is 6.70. The van der Waals surface area contributed by atoms with Gasteiger partial charge in [-0.25, -0.2) is 0 Å². The Bertz CT molecular complexity index is 287. The number of hydrogen-bond donors (Lipinski definition) is 2. The van der Waals surface area contributed by atoms with Gasteiger partial charge in [-0.15, -0.1) is 0 Å². The molecule has 0 aromatic heterocycles. The smallest absolute Gasteiger partial charge is 0.267 e. The van der Waals surface area contributed by atoms with Crippen LogP contribution in [-0.4, -0.2) is 29.4 Å². The lowest BCUT2D eigenvalue weighted by Crippen LogP contribution is -2.22. The van der Waals surface area contributed by atoms with Gasteiger partial charge >= 0.3 is 0 Å². The lowest BCUT2D eigenvalue weighted by Gasteiger charge is -2.16. The molecule has 0 amide bonds. The first-order chi connectivity index (χ1) is 8.41. The molecule has 18 heavy (non-hydrogen) atoms. The number of aliphatic hydroxyl groups is 1. The second-order valence-electron chi connectivity index (χ2n) is 5.01. The SMILES string of the molecule is CCCCCCC(CCC(O)CCC)S(=O)(=O)O. The fourth-order valence-corrected chi connectivity index (χ4v) is 3.00. The fraction of sp³-hybridized carbons (Fsp3) is 1.00. The first-order valence-electron chi connectivity index (χ1n) is 7.06. The topological polar surface area (TPSA) is 74.6 Å². The van der Waals surface area contributed by atoms with E-state index in [4.69, 9.17) is 4.55 Å². The normalized spacial score (nSPS) is 15.6. The molecule has 0 heterocycles. The van der Waals surface area contributed by atoms with E-state index in [0.29, 0.717) is 25.7 Å². The molecule has 0 rings (SSSR count). The molecule has 0 aliphatic carbocycles. The third-order valence-corrected chi connectivity index (χ3v) is 4.56. The van der Waals surface area contributed by atoms with Crippen LogP contribution < -0.4 is 0 Å². The molecule has 0 fully saturated rings. The molecule has 0 aromatic rings. The number of rotatable bonds is 11. The third kappa shape index (κ3) is 8.89. The summed E-state index contributed by atoms with van der Waals surface area (Å²) in [6, 6.07) is 0. The Balaban J connectivity index is 4.09. The summed E-state index contributed by atoms with van der Waals surface area (Å²) in [5.74, 6) is 0. The monoisotopic (exact) mass is 280 g/mol. The van der Waals surface area contributed by atoms with Crippen molar-refractivity contribution in [2.75, 3.05) is 0 Å². The molecule has 0 aliphatic heterocycles. The van der Waals surface area contributed by atoms with Crippen molar-refractivity contribution in [3.8, 4) is 0 Å². The van der Waals surface area contributed by atoms with E-state index in [1.165, 1.54) is 0 Å². The van der Waals surface area contributed by atoms with Gasteiger partial charge in [-0.05, 0) is 25.7 Å². The van der Waals surface area contributed by atoms with Crippen LogP contribution in [0.5, 0.6) is 0 Å². The average Bonchev–Trinajstić information content (AvgIpc) is 2.26. The molecule has 0 radical (unpaired) electrons. The highest BCUT2D eigenvalue weighted by atomic mass is 32.2. The molecular weight excluding hydrogens is 252 g/mol. The molecule has 2 N–H and O–H groups in total. The molecule has 4 nitrogen and oxygen atoms in total. The summed E-state index contributed by atoms with van der Waals surface area (Å²) in [7, 11) is -3.97. The van der Waals surface area contributed by atoms with Gasteiger partial charge in [0.1, 0.15) is 0 Å². The molecule has 0 aromatic carbocycles. The molecule has 2 unspecified atom stereocenters. The molecule has 2 atom stereocenters. The van der Waals surface area contributed by atoms with E-state index in [0.717, 1.165) is 32.1 Å². The van der Waals surface area contributed by atoms with Crippen molar-refractivity contribution in [2.45, 2.75) is 83.0 Å². The molecule has 0 aliphatic rings. The van der Waals surface area contributed by atoms with Gasteiger partial charge < -0.3 is 5.11 Å².